The third-order valence-corrected chi connectivity index (χ3v) is 7.05. The zero-order chi connectivity index (χ0) is 15.6. The molecule has 1 aromatic rings. The van der Waals surface area contributed by atoms with E-state index in [4.69, 9.17) is 0 Å². The van der Waals surface area contributed by atoms with E-state index in [1.165, 1.54) is 0 Å². The van der Waals surface area contributed by atoms with Gasteiger partial charge in [-0.25, -0.2) is 8.42 Å². The molecule has 1 saturated heterocycles. The molecule has 1 heterocycles. The molecule has 4 nitrogen and oxygen atoms in total. The fraction of sp³-hybridized carbons (Fsp3) is 0.588. The van der Waals surface area contributed by atoms with Crippen molar-refractivity contribution < 1.29 is 13.2 Å². The number of hydrogen-bond acceptors (Lipinski definition) is 3. The highest BCUT2D eigenvalue weighted by atomic mass is 32.2. The predicted octanol–water partition coefficient (Wildman–Crippen LogP) is 2.57. The van der Waals surface area contributed by atoms with Crippen molar-refractivity contribution in [3.8, 4) is 0 Å². The van der Waals surface area contributed by atoms with Gasteiger partial charge in [-0.3, -0.25) is 4.79 Å². The van der Waals surface area contributed by atoms with Crippen LogP contribution in [-0.2, 0) is 14.6 Å². The molecule has 3 rings (SSSR count). The number of nitrogens with zero attached hydrogens (tertiary/aromatic N) is 1. The first-order chi connectivity index (χ1) is 10.6. The third kappa shape index (κ3) is 3.19. The number of benzene rings is 1. The Morgan fingerprint density at radius 3 is 2.36 bits per heavy atom. The van der Waals surface area contributed by atoms with Crippen molar-refractivity contribution in [3.63, 3.8) is 0 Å². The molecule has 2 fully saturated rings. The molecular formula is C17H23NO3S. The summed E-state index contributed by atoms with van der Waals surface area (Å²) in [6, 6.07) is 9.38. The summed E-state index contributed by atoms with van der Waals surface area (Å²) in [6.45, 7) is 0.898. The van der Waals surface area contributed by atoms with E-state index in [0.29, 0.717) is 19.5 Å². The quantitative estimate of drug-likeness (QED) is 0.841. The van der Waals surface area contributed by atoms with Crippen LogP contribution in [0.5, 0.6) is 0 Å². The van der Waals surface area contributed by atoms with Gasteiger partial charge in [0.05, 0.1) is 11.0 Å². The molecule has 0 N–H and O–H groups in total. The molecule has 2 aliphatic rings. The van der Waals surface area contributed by atoms with E-state index in [9.17, 15) is 13.2 Å². The maximum absolute atomic E-state index is 12.6. The molecule has 1 atom stereocenters. The van der Waals surface area contributed by atoms with Crippen LogP contribution in [0.2, 0.25) is 0 Å². The molecular weight excluding hydrogens is 298 g/mol. The summed E-state index contributed by atoms with van der Waals surface area (Å²) in [5.41, 5.74) is 0.845. The lowest BCUT2D eigenvalue weighted by Gasteiger charge is -2.23. The van der Waals surface area contributed by atoms with E-state index < -0.39 is 15.1 Å². The molecule has 0 bridgehead atoms. The molecule has 0 aromatic heterocycles. The highest BCUT2D eigenvalue weighted by Gasteiger charge is 2.34. The number of carbonyl (C=O) groups excluding carboxylic acids is 1. The third-order valence-electron chi connectivity index (χ3n) is 4.93. The van der Waals surface area contributed by atoms with Crippen molar-refractivity contribution in [2.75, 3.05) is 18.8 Å². The summed E-state index contributed by atoms with van der Waals surface area (Å²) in [6.07, 6.45) is 4.67. The van der Waals surface area contributed by atoms with Crippen molar-refractivity contribution in [1.29, 1.82) is 0 Å². The average molecular weight is 321 g/mol. The summed E-state index contributed by atoms with van der Waals surface area (Å²) in [7, 11) is -3.20. The topological polar surface area (TPSA) is 54.5 Å². The van der Waals surface area contributed by atoms with Gasteiger partial charge in [-0.05, 0) is 24.8 Å². The van der Waals surface area contributed by atoms with Crippen LogP contribution < -0.4 is 0 Å². The molecule has 1 aromatic carbocycles. The van der Waals surface area contributed by atoms with E-state index in [0.717, 1.165) is 31.2 Å². The second-order valence-corrected chi connectivity index (χ2v) is 8.66. The molecule has 1 aliphatic heterocycles. The first-order valence-corrected chi connectivity index (χ1v) is 9.85. The zero-order valence-corrected chi connectivity index (χ0v) is 13.6. The van der Waals surface area contributed by atoms with E-state index in [-0.39, 0.29) is 17.6 Å². The molecule has 22 heavy (non-hydrogen) atoms. The Balaban J connectivity index is 1.76. The molecule has 120 valence electrons. The molecule has 1 aliphatic carbocycles. The maximum Gasteiger partial charge on any atom is 0.225 e. The van der Waals surface area contributed by atoms with Gasteiger partial charge in [-0.1, -0.05) is 43.2 Å². The normalized spacial score (nSPS) is 25.8. The Bertz CT molecular complexity index is 621. The molecule has 5 heteroatoms. The Hall–Kier alpha value is -1.36. The predicted molar refractivity (Wildman–Crippen MR) is 86.1 cm³/mol. The van der Waals surface area contributed by atoms with Gasteiger partial charge < -0.3 is 4.90 Å². The van der Waals surface area contributed by atoms with Crippen LogP contribution in [0.3, 0.4) is 0 Å². The van der Waals surface area contributed by atoms with Crippen LogP contribution in [0.1, 0.15) is 42.9 Å². The van der Waals surface area contributed by atoms with E-state index >= 15 is 0 Å². The molecule has 1 amide bonds. The highest BCUT2D eigenvalue weighted by molar-refractivity contribution is 7.91. The fourth-order valence-electron chi connectivity index (χ4n) is 3.64. The first kappa shape index (κ1) is 15.5. The fourth-order valence-corrected chi connectivity index (χ4v) is 5.43. The Morgan fingerprint density at radius 1 is 1.00 bits per heavy atom. The summed E-state index contributed by atoms with van der Waals surface area (Å²) >= 11 is 0. The second-order valence-electron chi connectivity index (χ2n) is 6.36. The lowest BCUT2D eigenvalue weighted by atomic mass is 10.1. The highest BCUT2D eigenvalue weighted by Crippen LogP contribution is 2.31. The summed E-state index contributed by atoms with van der Waals surface area (Å²) < 4.78 is 25.1. The van der Waals surface area contributed by atoms with E-state index in [2.05, 4.69) is 0 Å². The molecule has 0 radical (unpaired) electrons. The minimum absolute atomic E-state index is 0.0744. The van der Waals surface area contributed by atoms with Gasteiger partial charge >= 0.3 is 0 Å². The van der Waals surface area contributed by atoms with Gasteiger partial charge in [0.1, 0.15) is 0 Å². The molecule has 1 unspecified atom stereocenters. The lowest BCUT2D eigenvalue weighted by Crippen LogP contribution is -2.37. The number of sulfone groups is 1. The van der Waals surface area contributed by atoms with Crippen LogP contribution in [0.4, 0.5) is 0 Å². The van der Waals surface area contributed by atoms with Crippen LogP contribution in [-0.4, -0.2) is 38.1 Å². The van der Waals surface area contributed by atoms with E-state index in [1.54, 1.807) is 4.90 Å². The Morgan fingerprint density at radius 2 is 1.68 bits per heavy atom. The standard InChI is InChI=1S/C17H23NO3S/c19-17(15-8-4-5-9-15)18-11-10-16(22(20,21)13-12-18)14-6-2-1-3-7-14/h1-3,6-7,15-16H,4-5,8-13H2. The van der Waals surface area contributed by atoms with Gasteiger partial charge in [0.2, 0.25) is 5.91 Å². The smallest absolute Gasteiger partial charge is 0.225 e. The van der Waals surface area contributed by atoms with Crippen molar-refractivity contribution in [2.24, 2.45) is 5.92 Å². The van der Waals surface area contributed by atoms with Crippen molar-refractivity contribution in [2.45, 2.75) is 37.4 Å². The SMILES string of the molecule is O=C(C1CCCC1)N1CCC(c2ccccc2)S(=O)(=O)CC1. The number of hydrogen-bond donors (Lipinski definition) is 0. The number of amides is 1. The summed E-state index contributed by atoms with van der Waals surface area (Å²) in [4.78, 5) is 14.3. The second kappa shape index (κ2) is 6.41. The van der Waals surface area contributed by atoms with Crippen LogP contribution in [0, 0.1) is 5.92 Å². The monoisotopic (exact) mass is 321 g/mol. The maximum atomic E-state index is 12.6. The van der Waals surface area contributed by atoms with E-state index in [1.807, 2.05) is 30.3 Å². The van der Waals surface area contributed by atoms with Gasteiger partial charge in [-0.15, -0.1) is 0 Å². The average Bonchev–Trinajstić information content (AvgIpc) is 3.00. The van der Waals surface area contributed by atoms with Crippen molar-refractivity contribution in [1.82, 2.24) is 4.90 Å². The molecule has 1 saturated carbocycles. The first-order valence-electron chi connectivity index (χ1n) is 8.13. The zero-order valence-electron chi connectivity index (χ0n) is 12.8. The van der Waals surface area contributed by atoms with Crippen LogP contribution in [0.25, 0.3) is 0 Å². The minimum atomic E-state index is -3.20. The van der Waals surface area contributed by atoms with Gasteiger partial charge in [-0.2, -0.15) is 0 Å². The summed E-state index contributed by atoms with van der Waals surface area (Å²) in [5, 5.41) is -0.477. The Kier molecular flexibility index (Phi) is 4.52. The van der Waals surface area contributed by atoms with Crippen LogP contribution >= 0.6 is 0 Å². The number of carbonyl (C=O) groups is 1. The summed E-state index contributed by atoms with van der Waals surface area (Å²) in [5.74, 6) is 0.364. The van der Waals surface area contributed by atoms with Gasteiger partial charge in [0.15, 0.2) is 9.84 Å². The van der Waals surface area contributed by atoms with Crippen LogP contribution in [0.15, 0.2) is 30.3 Å². The molecule has 0 spiro atoms. The van der Waals surface area contributed by atoms with Crippen molar-refractivity contribution >= 4 is 15.7 Å². The minimum Gasteiger partial charge on any atom is -0.341 e. The largest absolute Gasteiger partial charge is 0.341 e. The van der Waals surface area contributed by atoms with Gasteiger partial charge in [0, 0.05) is 19.0 Å². The van der Waals surface area contributed by atoms with Gasteiger partial charge in [0.25, 0.3) is 0 Å². The lowest BCUT2D eigenvalue weighted by molar-refractivity contribution is -0.135. The number of rotatable bonds is 2. The Labute approximate surface area is 132 Å². The van der Waals surface area contributed by atoms with Crippen molar-refractivity contribution in [3.05, 3.63) is 35.9 Å².